The molecular weight excluding hydrogens is 357 g/mol. The highest BCUT2D eigenvalue weighted by atomic mass is 35.5. The lowest BCUT2D eigenvalue weighted by atomic mass is 9.89. The van der Waals surface area contributed by atoms with E-state index in [1.165, 1.54) is 29.8 Å². The van der Waals surface area contributed by atoms with Crippen molar-refractivity contribution in [2.45, 2.75) is 38.6 Å². The summed E-state index contributed by atoms with van der Waals surface area (Å²) in [5, 5.41) is 3.33. The van der Waals surface area contributed by atoms with Crippen LogP contribution in [0.3, 0.4) is 0 Å². The smallest absolute Gasteiger partial charge is 0.165 e. The molecule has 0 amide bonds. The molecule has 1 unspecified atom stereocenters. The van der Waals surface area contributed by atoms with Crippen LogP contribution in [0, 0.1) is 5.82 Å². The van der Waals surface area contributed by atoms with Gasteiger partial charge in [-0.05, 0) is 49.0 Å². The van der Waals surface area contributed by atoms with Gasteiger partial charge in [0.1, 0.15) is 11.9 Å². The summed E-state index contributed by atoms with van der Waals surface area (Å²) in [6, 6.07) is 4.44. The summed E-state index contributed by atoms with van der Waals surface area (Å²) < 4.78 is 13.5. The Morgan fingerprint density at radius 3 is 2.96 bits per heavy atom. The van der Waals surface area contributed by atoms with Crippen LogP contribution in [0.25, 0.3) is 0 Å². The molecule has 1 fully saturated rings. The molecule has 1 aromatic heterocycles. The number of aromatic nitrogens is 1. The number of benzene rings is 1. The first-order valence-electron chi connectivity index (χ1n) is 8.61. The van der Waals surface area contributed by atoms with Gasteiger partial charge < -0.3 is 4.90 Å². The Labute approximate surface area is 155 Å². The molecular formula is C19H19ClFN3S. The van der Waals surface area contributed by atoms with E-state index in [0.717, 1.165) is 42.2 Å². The lowest BCUT2D eigenvalue weighted by Gasteiger charge is -2.39. The fraction of sp³-hybridized carbons (Fsp3) is 0.368. The second-order valence-corrected chi connectivity index (χ2v) is 7.59. The summed E-state index contributed by atoms with van der Waals surface area (Å²) in [6.45, 7) is 3.13. The van der Waals surface area contributed by atoms with Crippen LogP contribution in [0.15, 0.2) is 46.0 Å². The van der Waals surface area contributed by atoms with E-state index in [1.807, 2.05) is 11.6 Å². The minimum absolute atomic E-state index is 0.165. The van der Waals surface area contributed by atoms with Crippen molar-refractivity contribution in [1.29, 1.82) is 0 Å². The molecule has 0 aliphatic carbocycles. The fourth-order valence-electron chi connectivity index (χ4n) is 3.71. The van der Waals surface area contributed by atoms with E-state index in [-0.39, 0.29) is 11.9 Å². The molecule has 2 aliphatic rings. The van der Waals surface area contributed by atoms with E-state index in [2.05, 4.69) is 16.8 Å². The summed E-state index contributed by atoms with van der Waals surface area (Å²) in [7, 11) is 0. The maximum atomic E-state index is 13.5. The quantitative estimate of drug-likeness (QED) is 0.699. The molecule has 1 aromatic carbocycles. The predicted molar refractivity (Wildman–Crippen MR) is 101 cm³/mol. The van der Waals surface area contributed by atoms with Crippen LogP contribution >= 0.6 is 22.9 Å². The van der Waals surface area contributed by atoms with E-state index in [9.17, 15) is 4.39 Å². The maximum absolute atomic E-state index is 13.5. The maximum Gasteiger partial charge on any atom is 0.165 e. The molecule has 25 heavy (non-hydrogen) atoms. The molecule has 130 valence electrons. The zero-order valence-corrected chi connectivity index (χ0v) is 15.6. The highest BCUT2D eigenvalue weighted by Gasteiger charge is 2.33. The summed E-state index contributed by atoms with van der Waals surface area (Å²) in [5.74, 6) is 0.603. The third-order valence-corrected chi connectivity index (χ3v) is 5.94. The second-order valence-electron chi connectivity index (χ2n) is 6.29. The van der Waals surface area contributed by atoms with Crippen molar-refractivity contribution < 1.29 is 4.39 Å². The number of allylic oxidation sites excluding steroid dienone is 1. The lowest BCUT2D eigenvalue weighted by molar-refractivity contribution is 0.389. The van der Waals surface area contributed by atoms with Crippen LogP contribution < -0.4 is 0 Å². The molecule has 6 heteroatoms. The fourth-order valence-corrected chi connectivity index (χ4v) is 4.62. The molecule has 1 saturated heterocycles. The lowest BCUT2D eigenvalue weighted by Crippen LogP contribution is -2.39. The number of amidine groups is 1. The van der Waals surface area contributed by atoms with E-state index in [4.69, 9.17) is 16.6 Å². The summed E-state index contributed by atoms with van der Waals surface area (Å²) in [4.78, 5) is 11.9. The second kappa shape index (κ2) is 6.89. The monoisotopic (exact) mass is 375 g/mol. The Kier molecular flexibility index (Phi) is 4.61. The van der Waals surface area contributed by atoms with Crippen molar-refractivity contribution >= 4 is 28.8 Å². The number of aliphatic imine (C=N–C) groups is 1. The van der Waals surface area contributed by atoms with E-state index >= 15 is 0 Å². The molecule has 3 nitrogen and oxygen atoms in total. The van der Waals surface area contributed by atoms with Crippen LogP contribution in [0.5, 0.6) is 0 Å². The molecule has 0 radical (unpaired) electrons. The number of hydrogen-bond donors (Lipinski definition) is 0. The van der Waals surface area contributed by atoms with Gasteiger partial charge in [0.05, 0.1) is 0 Å². The van der Waals surface area contributed by atoms with E-state index in [0.29, 0.717) is 5.02 Å². The molecule has 0 saturated carbocycles. The van der Waals surface area contributed by atoms with Crippen molar-refractivity contribution in [1.82, 2.24) is 9.88 Å². The van der Waals surface area contributed by atoms with Gasteiger partial charge in [-0.1, -0.05) is 24.6 Å². The van der Waals surface area contributed by atoms with Gasteiger partial charge in [0.25, 0.3) is 0 Å². The SMILES string of the molecule is CCC1=C2CCCCN2C(c2nccs2)=NC1c1ccc(F)cc1Cl. The van der Waals surface area contributed by atoms with E-state index in [1.54, 1.807) is 17.4 Å². The van der Waals surface area contributed by atoms with Crippen LogP contribution in [-0.4, -0.2) is 22.3 Å². The number of rotatable bonds is 3. The van der Waals surface area contributed by atoms with Crippen molar-refractivity contribution in [3.8, 4) is 0 Å². The van der Waals surface area contributed by atoms with Gasteiger partial charge in [0.2, 0.25) is 0 Å². The van der Waals surface area contributed by atoms with Crippen molar-refractivity contribution in [3.63, 3.8) is 0 Å². The Bertz CT molecular complexity index is 844. The molecule has 0 N–H and O–H groups in total. The minimum Gasteiger partial charge on any atom is -0.328 e. The van der Waals surface area contributed by atoms with Crippen LogP contribution in [-0.2, 0) is 0 Å². The molecule has 1 atom stereocenters. The van der Waals surface area contributed by atoms with Crippen molar-refractivity contribution in [2.24, 2.45) is 4.99 Å². The molecule has 0 spiro atoms. The summed E-state index contributed by atoms with van der Waals surface area (Å²) in [5.41, 5.74) is 3.50. The molecule has 4 rings (SSSR count). The van der Waals surface area contributed by atoms with Gasteiger partial charge in [-0.2, -0.15) is 0 Å². The van der Waals surface area contributed by atoms with Crippen LogP contribution in [0.4, 0.5) is 4.39 Å². The molecule has 0 bridgehead atoms. The molecule has 2 aromatic rings. The van der Waals surface area contributed by atoms with Gasteiger partial charge in [0, 0.05) is 28.8 Å². The topological polar surface area (TPSA) is 28.5 Å². The first-order valence-corrected chi connectivity index (χ1v) is 9.87. The van der Waals surface area contributed by atoms with Crippen molar-refractivity contribution in [2.75, 3.05) is 6.54 Å². The van der Waals surface area contributed by atoms with Gasteiger partial charge in [-0.25, -0.2) is 9.37 Å². The first kappa shape index (κ1) is 16.7. The Hall–Kier alpha value is -1.72. The Morgan fingerprint density at radius 1 is 1.36 bits per heavy atom. The van der Waals surface area contributed by atoms with Gasteiger partial charge >= 0.3 is 0 Å². The number of nitrogens with zero attached hydrogens (tertiary/aromatic N) is 3. The zero-order chi connectivity index (χ0) is 17.4. The number of piperidine rings is 1. The van der Waals surface area contributed by atoms with Gasteiger partial charge in [-0.15, -0.1) is 11.3 Å². The molecule has 3 heterocycles. The number of fused-ring (bicyclic) bond motifs is 1. The average molecular weight is 376 g/mol. The number of halogens is 2. The predicted octanol–water partition coefficient (Wildman–Crippen LogP) is 5.59. The number of thiazole rings is 1. The normalized spacial score (nSPS) is 20.5. The summed E-state index contributed by atoms with van der Waals surface area (Å²) in [6.07, 6.45) is 6.10. The number of hydrogen-bond acceptors (Lipinski definition) is 4. The first-order chi connectivity index (χ1) is 12.2. The van der Waals surface area contributed by atoms with Crippen molar-refractivity contribution in [3.05, 3.63) is 62.5 Å². The minimum atomic E-state index is -0.321. The van der Waals surface area contributed by atoms with Gasteiger partial charge in [0.15, 0.2) is 10.8 Å². The van der Waals surface area contributed by atoms with Crippen LogP contribution in [0.1, 0.15) is 49.2 Å². The largest absolute Gasteiger partial charge is 0.328 e. The molecule has 2 aliphatic heterocycles. The third kappa shape index (κ3) is 3.00. The Balaban J connectivity index is 1.87. The van der Waals surface area contributed by atoms with Gasteiger partial charge in [-0.3, -0.25) is 4.99 Å². The van der Waals surface area contributed by atoms with E-state index < -0.39 is 0 Å². The Morgan fingerprint density at radius 2 is 2.24 bits per heavy atom. The highest BCUT2D eigenvalue weighted by Crippen LogP contribution is 2.42. The highest BCUT2D eigenvalue weighted by molar-refractivity contribution is 7.11. The standard InChI is InChI=1S/C19H19ClFN3S/c1-2-13-16-5-3-4-9-24(16)18(19-22-8-10-25-19)23-17(13)14-7-6-12(21)11-15(14)20/h6-8,10-11,17H,2-5,9H2,1H3. The third-order valence-electron chi connectivity index (χ3n) is 4.84. The summed E-state index contributed by atoms with van der Waals surface area (Å²) >= 11 is 7.97. The van der Waals surface area contributed by atoms with Crippen LogP contribution in [0.2, 0.25) is 5.02 Å². The average Bonchev–Trinajstić information content (AvgIpc) is 3.15. The zero-order valence-electron chi connectivity index (χ0n) is 14.0.